The number of benzene rings is 3. The highest BCUT2D eigenvalue weighted by Crippen LogP contribution is 2.27. The predicted molar refractivity (Wildman–Crippen MR) is 105 cm³/mol. The predicted octanol–water partition coefficient (Wildman–Crippen LogP) is 3.61. The quantitative estimate of drug-likeness (QED) is 0.505. The number of sulfonamides is 1. The standard InChI is InChI=1S/C20H14N4O3S/c21-8-7-19(25)17-9-13-3-1-2-4-14(13)10-20(17)28(26,27)24-16-6-5-15-12-22-23-18(15)11-16/h1-6,9-12,24H,7H2,(H,22,23). The summed E-state index contributed by atoms with van der Waals surface area (Å²) in [6, 6.07) is 16.9. The summed E-state index contributed by atoms with van der Waals surface area (Å²) in [7, 11) is -4.07. The average Bonchev–Trinajstić information content (AvgIpc) is 3.14. The van der Waals surface area contributed by atoms with Gasteiger partial charge in [-0.1, -0.05) is 24.3 Å². The topological polar surface area (TPSA) is 116 Å². The second-order valence-corrected chi connectivity index (χ2v) is 7.88. The Morgan fingerprint density at radius 2 is 1.82 bits per heavy atom. The van der Waals surface area contributed by atoms with E-state index in [0.29, 0.717) is 16.6 Å². The number of fused-ring (bicyclic) bond motifs is 2. The summed E-state index contributed by atoms with van der Waals surface area (Å²) in [5.74, 6) is -0.544. The highest BCUT2D eigenvalue weighted by Gasteiger charge is 2.23. The number of nitrogens with one attached hydrogen (secondary N) is 2. The Labute approximate surface area is 160 Å². The van der Waals surface area contributed by atoms with Crippen LogP contribution in [0.25, 0.3) is 21.7 Å². The van der Waals surface area contributed by atoms with Crippen LogP contribution in [-0.4, -0.2) is 24.4 Å². The zero-order chi connectivity index (χ0) is 19.7. The number of H-pyrrole nitrogens is 1. The molecule has 0 amide bonds. The molecule has 0 aliphatic heterocycles. The van der Waals surface area contributed by atoms with E-state index >= 15 is 0 Å². The van der Waals surface area contributed by atoms with Crippen molar-refractivity contribution in [2.24, 2.45) is 0 Å². The molecule has 0 bridgehead atoms. The molecule has 0 saturated carbocycles. The first-order chi connectivity index (χ1) is 13.5. The minimum absolute atomic E-state index is 0.00429. The number of aromatic amines is 1. The molecule has 0 atom stereocenters. The van der Waals surface area contributed by atoms with Gasteiger partial charge in [0, 0.05) is 10.9 Å². The van der Waals surface area contributed by atoms with E-state index in [1.165, 1.54) is 12.1 Å². The van der Waals surface area contributed by atoms with Crippen LogP contribution in [0.3, 0.4) is 0 Å². The Kier molecular flexibility index (Phi) is 4.29. The average molecular weight is 390 g/mol. The third-order valence-electron chi connectivity index (χ3n) is 4.37. The zero-order valence-corrected chi connectivity index (χ0v) is 15.3. The van der Waals surface area contributed by atoms with Crippen molar-refractivity contribution < 1.29 is 13.2 Å². The van der Waals surface area contributed by atoms with Gasteiger partial charge in [-0.15, -0.1) is 0 Å². The number of hydrogen-bond donors (Lipinski definition) is 2. The number of ketones is 1. The zero-order valence-electron chi connectivity index (χ0n) is 14.5. The summed E-state index contributed by atoms with van der Waals surface area (Å²) in [6.07, 6.45) is 1.23. The van der Waals surface area contributed by atoms with E-state index in [1.54, 1.807) is 54.7 Å². The van der Waals surface area contributed by atoms with Crippen LogP contribution in [0.2, 0.25) is 0 Å². The molecule has 0 unspecified atom stereocenters. The molecule has 28 heavy (non-hydrogen) atoms. The van der Waals surface area contributed by atoms with E-state index in [4.69, 9.17) is 5.26 Å². The van der Waals surface area contributed by atoms with Gasteiger partial charge in [-0.05, 0) is 41.1 Å². The number of nitriles is 1. The third kappa shape index (κ3) is 3.19. The number of aromatic nitrogens is 2. The van der Waals surface area contributed by atoms with E-state index in [1.807, 2.05) is 0 Å². The summed E-state index contributed by atoms with van der Waals surface area (Å²) < 4.78 is 28.7. The Hall–Kier alpha value is -3.70. The van der Waals surface area contributed by atoms with Crippen LogP contribution in [-0.2, 0) is 10.0 Å². The second-order valence-electron chi connectivity index (χ2n) is 6.23. The first kappa shape index (κ1) is 17.7. The van der Waals surface area contributed by atoms with Gasteiger partial charge >= 0.3 is 0 Å². The van der Waals surface area contributed by atoms with Crippen molar-refractivity contribution in [3.63, 3.8) is 0 Å². The van der Waals surface area contributed by atoms with E-state index < -0.39 is 22.2 Å². The molecule has 4 rings (SSSR count). The molecule has 0 aliphatic rings. The van der Waals surface area contributed by atoms with Gasteiger partial charge in [-0.25, -0.2) is 8.42 Å². The number of hydrogen-bond acceptors (Lipinski definition) is 5. The third-order valence-corrected chi connectivity index (χ3v) is 5.79. The normalized spacial score (nSPS) is 11.4. The number of anilines is 1. The minimum atomic E-state index is -4.07. The Bertz CT molecular complexity index is 1370. The van der Waals surface area contributed by atoms with Gasteiger partial charge in [0.2, 0.25) is 0 Å². The van der Waals surface area contributed by atoms with Crippen LogP contribution in [0, 0.1) is 11.3 Å². The lowest BCUT2D eigenvalue weighted by molar-refractivity contribution is 0.0994. The number of rotatable bonds is 5. The summed E-state index contributed by atoms with van der Waals surface area (Å²) >= 11 is 0. The van der Waals surface area contributed by atoms with Gasteiger partial charge in [0.05, 0.1) is 34.8 Å². The van der Waals surface area contributed by atoms with E-state index in [0.717, 1.165) is 10.8 Å². The lowest BCUT2D eigenvalue weighted by Gasteiger charge is -2.13. The van der Waals surface area contributed by atoms with Crippen LogP contribution >= 0.6 is 0 Å². The van der Waals surface area contributed by atoms with Gasteiger partial charge in [0.15, 0.2) is 5.78 Å². The molecular formula is C20H14N4O3S. The summed E-state index contributed by atoms with van der Waals surface area (Å²) in [6.45, 7) is 0. The lowest BCUT2D eigenvalue weighted by Crippen LogP contribution is -2.17. The molecule has 0 spiro atoms. The van der Waals surface area contributed by atoms with E-state index in [-0.39, 0.29) is 10.5 Å². The highest BCUT2D eigenvalue weighted by molar-refractivity contribution is 7.92. The Balaban J connectivity index is 1.83. The fourth-order valence-corrected chi connectivity index (χ4v) is 4.33. The van der Waals surface area contributed by atoms with E-state index in [2.05, 4.69) is 14.9 Å². The van der Waals surface area contributed by atoms with Crippen molar-refractivity contribution in [3.8, 4) is 6.07 Å². The van der Waals surface area contributed by atoms with Crippen molar-refractivity contribution in [2.75, 3.05) is 4.72 Å². The number of carbonyl (C=O) groups is 1. The fourth-order valence-electron chi connectivity index (χ4n) is 3.04. The first-order valence-corrected chi connectivity index (χ1v) is 9.85. The van der Waals surface area contributed by atoms with Crippen LogP contribution < -0.4 is 4.72 Å². The summed E-state index contributed by atoms with van der Waals surface area (Å²) in [4.78, 5) is 12.3. The summed E-state index contributed by atoms with van der Waals surface area (Å²) in [5.41, 5.74) is 1.01. The smallest absolute Gasteiger partial charge is 0.262 e. The molecule has 1 heterocycles. The molecule has 3 aromatic carbocycles. The number of carbonyl (C=O) groups excluding carboxylic acids is 1. The molecular weight excluding hydrogens is 376 g/mol. The van der Waals surface area contributed by atoms with Gasteiger partial charge in [-0.3, -0.25) is 14.6 Å². The first-order valence-electron chi connectivity index (χ1n) is 8.37. The van der Waals surface area contributed by atoms with Gasteiger partial charge in [0.1, 0.15) is 0 Å². The maximum absolute atomic E-state index is 13.1. The van der Waals surface area contributed by atoms with Gasteiger partial charge in [0.25, 0.3) is 10.0 Å². The van der Waals surface area contributed by atoms with Crippen molar-refractivity contribution in [2.45, 2.75) is 11.3 Å². The molecule has 8 heteroatoms. The van der Waals surface area contributed by atoms with Gasteiger partial charge in [-0.2, -0.15) is 10.4 Å². The molecule has 2 N–H and O–H groups in total. The van der Waals surface area contributed by atoms with Crippen LogP contribution in [0.4, 0.5) is 5.69 Å². The number of Topliss-reactive ketones (excluding diaryl/α,β-unsaturated/α-hetero) is 1. The van der Waals surface area contributed by atoms with Crippen LogP contribution in [0.1, 0.15) is 16.8 Å². The van der Waals surface area contributed by atoms with Gasteiger partial charge < -0.3 is 0 Å². The van der Waals surface area contributed by atoms with Crippen molar-refractivity contribution in [1.82, 2.24) is 10.2 Å². The molecule has 0 saturated heterocycles. The Morgan fingerprint density at radius 1 is 1.07 bits per heavy atom. The van der Waals surface area contributed by atoms with Crippen molar-refractivity contribution >= 4 is 43.2 Å². The summed E-state index contributed by atoms with van der Waals surface area (Å²) in [5, 5.41) is 17.8. The Morgan fingerprint density at radius 3 is 2.57 bits per heavy atom. The monoisotopic (exact) mass is 390 g/mol. The molecule has 0 aliphatic carbocycles. The number of nitrogens with zero attached hydrogens (tertiary/aromatic N) is 2. The van der Waals surface area contributed by atoms with Crippen LogP contribution in [0.15, 0.2) is 65.7 Å². The SMILES string of the molecule is N#CCC(=O)c1cc2ccccc2cc1S(=O)(=O)Nc1ccc2cn[nH]c2c1. The molecule has 0 fully saturated rings. The molecule has 0 radical (unpaired) electrons. The van der Waals surface area contributed by atoms with Crippen molar-refractivity contribution in [1.29, 1.82) is 5.26 Å². The van der Waals surface area contributed by atoms with Crippen LogP contribution in [0.5, 0.6) is 0 Å². The fraction of sp³-hybridized carbons (Fsp3) is 0.0500. The largest absolute Gasteiger partial charge is 0.293 e. The molecule has 4 aromatic rings. The lowest BCUT2D eigenvalue weighted by atomic mass is 10.0. The second kappa shape index (κ2) is 6.79. The maximum Gasteiger partial charge on any atom is 0.262 e. The molecule has 1 aromatic heterocycles. The molecule has 138 valence electrons. The minimum Gasteiger partial charge on any atom is -0.293 e. The van der Waals surface area contributed by atoms with Crippen molar-refractivity contribution in [3.05, 3.63) is 66.4 Å². The molecule has 7 nitrogen and oxygen atoms in total. The maximum atomic E-state index is 13.1. The van der Waals surface area contributed by atoms with E-state index in [9.17, 15) is 13.2 Å². The highest BCUT2D eigenvalue weighted by atomic mass is 32.2.